The molecule has 178 valence electrons. The van der Waals surface area contributed by atoms with E-state index in [4.69, 9.17) is 11.1 Å². The van der Waals surface area contributed by atoms with Crippen molar-refractivity contribution in [2.45, 2.75) is 103 Å². The zero-order chi connectivity index (χ0) is 22.5. The molecule has 0 aromatic carbocycles. The summed E-state index contributed by atoms with van der Waals surface area (Å²) in [5.74, 6) is 4.36. The summed E-state index contributed by atoms with van der Waals surface area (Å²) in [6.45, 7) is 5.29. The minimum atomic E-state index is -0.0452. The monoisotopic (exact) mass is 439 g/mol. The van der Waals surface area contributed by atoms with Crippen LogP contribution < -0.4 is 11.1 Å². The first kappa shape index (κ1) is 22.6. The second-order valence-electron chi connectivity index (χ2n) is 12.5. The predicted octanol–water partition coefficient (Wildman–Crippen LogP) is 5.61. The van der Waals surface area contributed by atoms with Gasteiger partial charge >= 0.3 is 0 Å². The summed E-state index contributed by atoms with van der Waals surface area (Å²) in [4.78, 5) is 13.5. The molecule has 0 bridgehead atoms. The summed E-state index contributed by atoms with van der Waals surface area (Å²) in [7, 11) is 0. The van der Waals surface area contributed by atoms with Crippen LogP contribution in [0.4, 0.5) is 0 Å². The lowest BCUT2D eigenvalue weighted by atomic mass is 9.46. The van der Waals surface area contributed by atoms with E-state index in [0.717, 1.165) is 67.5 Å². The van der Waals surface area contributed by atoms with Crippen LogP contribution in [0.25, 0.3) is 0 Å². The van der Waals surface area contributed by atoms with Crippen molar-refractivity contribution in [3.05, 3.63) is 11.3 Å². The van der Waals surface area contributed by atoms with Crippen molar-refractivity contribution >= 4 is 12.0 Å². The van der Waals surface area contributed by atoms with Gasteiger partial charge < -0.3 is 16.5 Å². The zero-order valence-electron chi connectivity index (χ0n) is 20.4. The average Bonchev–Trinajstić information content (AvgIpc) is 3.16. The third kappa shape index (κ3) is 3.60. The van der Waals surface area contributed by atoms with Crippen molar-refractivity contribution in [1.29, 1.82) is 5.41 Å². The molecule has 2 unspecified atom stereocenters. The molecule has 4 fully saturated rings. The third-order valence-electron chi connectivity index (χ3n) is 11.0. The van der Waals surface area contributed by atoms with Crippen LogP contribution in [0.1, 0.15) is 97.3 Å². The van der Waals surface area contributed by atoms with E-state index in [1.54, 1.807) is 0 Å². The number of carbonyl (C=O) groups is 1. The van der Waals surface area contributed by atoms with E-state index in [1.807, 2.05) is 0 Å². The Kier molecular flexibility index (Phi) is 6.05. The molecule has 0 aliphatic heterocycles. The average molecular weight is 440 g/mol. The second kappa shape index (κ2) is 8.56. The van der Waals surface area contributed by atoms with E-state index in [9.17, 15) is 4.79 Å². The highest BCUT2D eigenvalue weighted by Gasteiger charge is 2.63. The van der Waals surface area contributed by atoms with Crippen LogP contribution in [0.3, 0.4) is 0 Å². The van der Waals surface area contributed by atoms with Gasteiger partial charge in [0.05, 0.1) is 6.54 Å². The number of carbonyl (C=O) groups excluding carboxylic acids is 1. The fraction of sp³-hybridized carbons (Fsp3) is 0.857. The van der Waals surface area contributed by atoms with E-state index >= 15 is 0 Å². The van der Waals surface area contributed by atoms with Crippen molar-refractivity contribution in [2.24, 2.45) is 46.7 Å². The predicted molar refractivity (Wildman–Crippen MR) is 130 cm³/mol. The van der Waals surface area contributed by atoms with Gasteiger partial charge in [-0.2, -0.15) is 0 Å². The van der Waals surface area contributed by atoms with Crippen LogP contribution in [-0.2, 0) is 4.79 Å². The van der Waals surface area contributed by atoms with Crippen LogP contribution in [0, 0.1) is 46.3 Å². The van der Waals surface area contributed by atoms with Crippen LogP contribution in [0.2, 0.25) is 0 Å². The Hall–Kier alpha value is -1.16. The fourth-order valence-electron chi connectivity index (χ4n) is 9.39. The van der Waals surface area contributed by atoms with Gasteiger partial charge in [0, 0.05) is 23.4 Å². The molecule has 8 atom stereocenters. The van der Waals surface area contributed by atoms with Gasteiger partial charge in [0.2, 0.25) is 0 Å². The largest absolute Gasteiger partial charge is 0.381 e. The molecule has 4 saturated carbocycles. The molecule has 0 saturated heterocycles. The van der Waals surface area contributed by atoms with Gasteiger partial charge in [-0.05, 0) is 118 Å². The summed E-state index contributed by atoms with van der Waals surface area (Å²) in [5, 5.41) is 11.2. The molecule has 0 aromatic heterocycles. The summed E-state index contributed by atoms with van der Waals surface area (Å²) in [5.41, 5.74) is 9.67. The molecule has 5 aliphatic rings. The molecule has 5 rings (SSSR count). The molecule has 4 heteroatoms. The summed E-state index contributed by atoms with van der Waals surface area (Å²) in [6.07, 6.45) is 17.0. The fourth-order valence-corrected chi connectivity index (χ4v) is 9.39. The van der Waals surface area contributed by atoms with Crippen LogP contribution in [-0.4, -0.2) is 24.1 Å². The molecule has 0 amide bonds. The Bertz CT molecular complexity index is 790. The first-order valence-corrected chi connectivity index (χ1v) is 13.6. The zero-order valence-corrected chi connectivity index (χ0v) is 20.4. The van der Waals surface area contributed by atoms with E-state index in [0.29, 0.717) is 24.2 Å². The van der Waals surface area contributed by atoms with Gasteiger partial charge in [-0.3, -0.25) is 4.79 Å². The second-order valence-corrected chi connectivity index (χ2v) is 12.5. The van der Waals surface area contributed by atoms with Gasteiger partial charge in [-0.15, -0.1) is 0 Å². The number of nitrogens with two attached hydrogens (primary N) is 1. The van der Waals surface area contributed by atoms with Crippen molar-refractivity contribution < 1.29 is 4.79 Å². The van der Waals surface area contributed by atoms with E-state index in [2.05, 4.69) is 19.2 Å². The normalized spacial score (nSPS) is 46.1. The SMILES string of the molecule is C[C@H]1CC[C@@H]2C3CC[C@@]4(C)C(CC[C@@H]4C(=O)CNC4=C(C=N)CCCC4)[C@]3(N)CC[C@@H]2C1. The number of hydrogen-bond acceptors (Lipinski definition) is 4. The molecular formula is C28H45N3O. The minimum Gasteiger partial charge on any atom is -0.381 e. The van der Waals surface area contributed by atoms with E-state index in [-0.39, 0.29) is 16.9 Å². The van der Waals surface area contributed by atoms with Gasteiger partial charge in [0.15, 0.2) is 5.78 Å². The van der Waals surface area contributed by atoms with Crippen LogP contribution in [0.5, 0.6) is 0 Å². The Morgan fingerprint density at radius 2 is 1.94 bits per heavy atom. The molecule has 0 spiro atoms. The van der Waals surface area contributed by atoms with Gasteiger partial charge in [0.1, 0.15) is 0 Å². The van der Waals surface area contributed by atoms with Crippen molar-refractivity contribution in [2.75, 3.05) is 6.54 Å². The van der Waals surface area contributed by atoms with Crippen LogP contribution >= 0.6 is 0 Å². The highest BCUT2D eigenvalue weighted by Crippen LogP contribution is 2.65. The quantitative estimate of drug-likeness (QED) is 0.487. The van der Waals surface area contributed by atoms with E-state index in [1.165, 1.54) is 51.2 Å². The van der Waals surface area contributed by atoms with Gasteiger partial charge in [0.25, 0.3) is 0 Å². The lowest BCUT2D eigenvalue weighted by molar-refractivity contribution is -0.131. The van der Waals surface area contributed by atoms with Gasteiger partial charge in [-0.1, -0.05) is 20.3 Å². The van der Waals surface area contributed by atoms with Gasteiger partial charge in [-0.25, -0.2) is 0 Å². The molecule has 0 heterocycles. The Balaban J connectivity index is 1.29. The highest BCUT2D eigenvalue weighted by molar-refractivity contribution is 5.85. The molecule has 4 N–H and O–H groups in total. The summed E-state index contributed by atoms with van der Waals surface area (Å²) >= 11 is 0. The number of Topliss-reactive ketones (excluding diaryl/α,β-unsaturated/α-hetero) is 1. The molecule has 0 radical (unpaired) electrons. The molecule has 32 heavy (non-hydrogen) atoms. The first-order valence-electron chi connectivity index (χ1n) is 13.6. The van der Waals surface area contributed by atoms with Crippen molar-refractivity contribution in [1.82, 2.24) is 5.32 Å². The Morgan fingerprint density at radius 1 is 1.12 bits per heavy atom. The van der Waals surface area contributed by atoms with E-state index < -0.39 is 0 Å². The number of hydrogen-bond donors (Lipinski definition) is 3. The molecular weight excluding hydrogens is 394 g/mol. The number of fused-ring (bicyclic) bond motifs is 5. The maximum Gasteiger partial charge on any atom is 0.155 e. The topological polar surface area (TPSA) is 79.0 Å². The summed E-state index contributed by atoms with van der Waals surface area (Å²) in [6, 6.07) is 0. The lowest BCUT2D eigenvalue weighted by Gasteiger charge is -2.61. The third-order valence-corrected chi connectivity index (χ3v) is 11.0. The highest BCUT2D eigenvalue weighted by atomic mass is 16.1. The maximum atomic E-state index is 13.5. The van der Waals surface area contributed by atoms with Crippen molar-refractivity contribution in [3.63, 3.8) is 0 Å². The summed E-state index contributed by atoms with van der Waals surface area (Å²) < 4.78 is 0. The number of nitrogens with one attached hydrogen (secondary N) is 2. The molecule has 0 aromatic rings. The Labute approximate surface area is 195 Å². The lowest BCUT2D eigenvalue weighted by Crippen LogP contribution is -2.65. The minimum absolute atomic E-state index is 0.0452. The number of rotatable bonds is 5. The maximum absolute atomic E-state index is 13.5. The molecule has 4 nitrogen and oxygen atoms in total. The molecule has 5 aliphatic carbocycles. The van der Waals surface area contributed by atoms with Crippen LogP contribution in [0.15, 0.2) is 11.3 Å². The number of allylic oxidation sites excluding steroid dienone is 2. The number of ketones is 1. The smallest absolute Gasteiger partial charge is 0.155 e. The Morgan fingerprint density at radius 3 is 2.75 bits per heavy atom. The standard InChI is InChI=1S/C28H45N3O/c1-18-7-8-21-19(15-18)11-14-28(30)22(21)12-13-27(2)23(9-10-26(27)28)25(32)17-31-24-6-4-3-5-20(24)16-29/h16,18-19,21-23,26,29,31H,3-15,17,30H2,1-2H3/t18-,19+,21-,22?,23+,26?,27+,28-/m0/s1. The first-order chi connectivity index (χ1) is 15.4. The van der Waals surface area contributed by atoms with Crippen molar-refractivity contribution in [3.8, 4) is 0 Å².